The van der Waals surface area contributed by atoms with E-state index >= 15 is 0 Å². The van der Waals surface area contributed by atoms with Crippen LogP contribution in [0.4, 0.5) is 5.00 Å². The predicted molar refractivity (Wildman–Crippen MR) is 98.9 cm³/mol. The van der Waals surface area contributed by atoms with Crippen molar-refractivity contribution in [2.45, 2.75) is 33.2 Å². The molecule has 8 heteroatoms. The summed E-state index contributed by atoms with van der Waals surface area (Å²) in [4.78, 5) is 40.6. The van der Waals surface area contributed by atoms with Gasteiger partial charge in [-0.3, -0.25) is 14.4 Å². The molecule has 0 fully saturated rings. The van der Waals surface area contributed by atoms with E-state index in [-0.39, 0.29) is 17.7 Å². The number of nitrogens with one attached hydrogen (secondary N) is 2. The lowest BCUT2D eigenvalue weighted by Gasteiger charge is -2.26. The van der Waals surface area contributed by atoms with Crippen molar-refractivity contribution in [3.8, 4) is 0 Å². The molecule has 0 saturated carbocycles. The Hall–Kier alpha value is -1.93. The van der Waals surface area contributed by atoms with Crippen LogP contribution in [0.25, 0.3) is 0 Å². The molecule has 7 nitrogen and oxygen atoms in total. The Kier molecular flexibility index (Phi) is 6.55. The second-order valence-corrected chi connectivity index (χ2v) is 7.60. The van der Waals surface area contributed by atoms with Crippen LogP contribution in [-0.2, 0) is 22.6 Å². The van der Waals surface area contributed by atoms with Crippen molar-refractivity contribution in [2.75, 3.05) is 39.0 Å². The molecule has 3 amide bonds. The van der Waals surface area contributed by atoms with Crippen molar-refractivity contribution in [3.63, 3.8) is 0 Å². The van der Waals surface area contributed by atoms with E-state index in [0.717, 1.165) is 23.4 Å². The van der Waals surface area contributed by atoms with E-state index in [1.807, 2.05) is 14.1 Å². The van der Waals surface area contributed by atoms with Gasteiger partial charge in [-0.25, -0.2) is 0 Å². The molecule has 2 N–H and O–H groups in total. The SMILES string of the molecule is CC(=O)Nc1sc2c(c1C(=O)NCCCN(C)C)CCN(C(C)=O)C2. The molecule has 1 aromatic rings. The third kappa shape index (κ3) is 5.02. The van der Waals surface area contributed by atoms with Crippen LogP contribution in [0, 0.1) is 0 Å². The van der Waals surface area contributed by atoms with Crippen molar-refractivity contribution < 1.29 is 14.4 Å². The maximum atomic E-state index is 12.7. The highest BCUT2D eigenvalue weighted by molar-refractivity contribution is 7.17. The van der Waals surface area contributed by atoms with Gasteiger partial charge in [0.25, 0.3) is 5.91 Å². The van der Waals surface area contributed by atoms with Crippen LogP contribution in [-0.4, -0.2) is 61.3 Å². The number of hydrogen-bond donors (Lipinski definition) is 2. The van der Waals surface area contributed by atoms with E-state index in [1.165, 1.54) is 18.3 Å². The number of amides is 3. The fourth-order valence-electron chi connectivity index (χ4n) is 2.85. The van der Waals surface area contributed by atoms with Gasteiger partial charge in [-0.2, -0.15) is 0 Å². The first kappa shape index (κ1) is 19.4. The molecule has 0 aromatic carbocycles. The first-order valence-electron chi connectivity index (χ1n) is 8.40. The fraction of sp³-hybridized carbons (Fsp3) is 0.588. The average Bonchev–Trinajstić information content (AvgIpc) is 2.87. The van der Waals surface area contributed by atoms with E-state index in [4.69, 9.17) is 0 Å². The smallest absolute Gasteiger partial charge is 0.254 e. The largest absolute Gasteiger partial charge is 0.352 e. The molecule has 0 radical (unpaired) electrons. The summed E-state index contributed by atoms with van der Waals surface area (Å²) in [6.07, 6.45) is 1.49. The molecule has 0 saturated heterocycles. The second kappa shape index (κ2) is 8.44. The summed E-state index contributed by atoms with van der Waals surface area (Å²) >= 11 is 1.39. The van der Waals surface area contributed by atoms with Gasteiger partial charge >= 0.3 is 0 Å². The molecular formula is C17H26N4O3S. The zero-order valence-corrected chi connectivity index (χ0v) is 16.1. The van der Waals surface area contributed by atoms with Gasteiger partial charge in [-0.1, -0.05) is 0 Å². The fourth-order valence-corrected chi connectivity index (χ4v) is 4.15. The van der Waals surface area contributed by atoms with Gasteiger partial charge in [0.15, 0.2) is 0 Å². The van der Waals surface area contributed by atoms with Crippen molar-refractivity contribution >= 4 is 34.1 Å². The van der Waals surface area contributed by atoms with Gasteiger partial charge in [-0.05, 0) is 39.0 Å². The molecule has 0 spiro atoms. The molecule has 0 unspecified atom stereocenters. The summed E-state index contributed by atoms with van der Waals surface area (Å²) in [5, 5.41) is 6.30. The number of carbonyl (C=O) groups excluding carboxylic acids is 3. The number of nitrogens with zero attached hydrogens (tertiary/aromatic N) is 2. The number of rotatable bonds is 6. The van der Waals surface area contributed by atoms with Crippen molar-refractivity contribution in [1.29, 1.82) is 0 Å². The van der Waals surface area contributed by atoms with Crippen LogP contribution in [0.1, 0.15) is 41.1 Å². The Bertz CT molecular complexity index is 669. The van der Waals surface area contributed by atoms with Crippen molar-refractivity contribution in [3.05, 3.63) is 16.0 Å². The minimum absolute atomic E-state index is 0.0230. The van der Waals surface area contributed by atoms with E-state index in [0.29, 0.717) is 36.6 Å². The number of anilines is 1. The summed E-state index contributed by atoms with van der Waals surface area (Å²) in [7, 11) is 3.99. The van der Waals surface area contributed by atoms with E-state index < -0.39 is 0 Å². The molecule has 0 bridgehead atoms. The number of fused-ring (bicyclic) bond motifs is 1. The van der Waals surface area contributed by atoms with Crippen LogP contribution in [0.3, 0.4) is 0 Å². The lowest BCUT2D eigenvalue weighted by molar-refractivity contribution is -0.129. The summed E-state index contributed by atoms with van der Waals surface area (Å²) in [5.74, 6) is -0.338. The summed E-state index contributed by atoms with van der Waals surface area (Å²) in [6.45, 7) is 5.55. The molecule has 1 aromatic heterocycles. The highest BCUT2D eigenvalue weighted by Crippen LogP contribution is 2.37. The van der Waals surface area contributed by atoms with Crippen LogP contribution in [0.2, 0.25) is 0 Å². The predicted octanol–water partition coefficient (Wildman–Crippen LogP) is 1.29. The standard InChI is InChI=1S/C17H26N4O3S/c1-11(22)19-17-15(16(24)18-7-5-8-20(3)4)13-6-9-21(12(2)23)10-14(13)25-17/h5-10H2,1-4H3,(H,18,24)(H,19,22). The molecule has 25 heavy (non-hydrogen) atoms. The lowest BCUT2D eigenvalue weighted by atomic mass is 10.0. The molecule has 1 aliphatic heterocycles. The van der Waals surface area contributed by atoms with Gasteiger partial charge in [0.05, 0.1) is 12.1 Å². The van der Waals surface area contributed by atoms with Gasteiger partial charge in [0.2, 0.25) is 11.8 Å². The summed E-state index contributed by atoms with van der Waals surface area (Å²) < 4.78 is 0. The Morgan fingerprint density at radius 3 is 2.56 bits per heavy atom. The van der Waals surface area contributed by atoms with E-state index in [9.17, 15) is 14.4 Å². The minimum Gasteiger partial charge on any atom is -0.352 e. The van der Waals surface area contributed by atoms with E-state index in [1.54, 1.807) is 11.8 Å². The molecule has 0 aliphatic carbocycles. The molecule has 2 rings (SSSR count). The van der Waals surface area contributed by atoms with Crippen LogP contribution >= 0.6 is 11.3 Å². The summed E-state index contributed by atoms with van der Waals surface area (Å²) in [6, 6.07) is 0. The quantitative estimate of drug-likeness (QED) is 0.744. The maximum Gasteiger partial charge on any atom is 0.254 e. The molecule has 138 valence electrons. The highest BCUT2D eigenvalue weighted by atomic mass is 32.1. The third-order valence-corrected chi connectivity index (χ3v) is 5.22. The first-order valence-corrected chi connectivity index (χ1v) is 9.21. The Morgan fingerprint density at radius 2 is 1.96 bits per heavy atom. The first-order chi connectivity index (χ1) is 11.8. The van der Waals surface area contributed by atoms with Gasteiger partial charge in [0, 0.05) is 31.8 Å². The number of thiophene rings is 1. The minimum atomic E-state index is -0.205. The third-order valence-electron chi connectivity index (χ3n) is 4.09. The molecule has 2 heterocycles. The molecule has 0 atom stereocenters. The van der Waals surface area contributed by atoms with Gasteiger partial charge in [-0.15, -0.1) is 11.3 Å². The van der Waals surface area contributed by atoms with Crippen LogP contribution in [0.15, 0.2) is 0 Å². The Labute approximate surface area is 152 Å². The maximum absolute atomic E-state index is 12.7. The van der Waals surface area contributed by atoms with Crippen LogP contribution < -0.4 is 10.6 Å². The Morgan fingerprint density at radius 1 is 1.24 bits per heavy atom. The normalized spacial score (nSPS) is 13.6. The highest BCUT2D eigenvalue weighted by Gasteiger charge is 2.29. The lowest BCUT2D eigenvalue weighted by Crippen LogP contribution is -2.34. The zero-order valence-electron chi connectivity index (χ0n) is 15.3. The van der Waals surface area contributed by atoms with E-state index in [2.05, 4.69) is 15.5 Å². The summed E-state index contributed by atoms with van der Waals surface area (Å²) in [5.41, 5.74) is 1.51. The van der Waals surface area contributed by atoms with Gasteiger partial charge in [0.1, 0.15) is 5.00 Å². The second-order valence-electron chi connectivity index (χ2n) is 6.49. The molecule has 1 aliphatic rings. The topological polar surface area (TPSA) is 81.8 Å². The average molecular weight is 366 g/mol. The van der Waals surface area contributed by atoms with Crippen molar-refractivity contribution in [1.82, 2.24) is 15.1 Å². The number of carbonyl (C=O) groups is 3. The Balaban J connectivity index is 2.18. The zero-order chi connectivity index (χ0) is 18.6. The monoisotopic (exact) mass is 366 g/mol. The number of hydrogen-bond acceptors (Lipinski definition) is 5. The van der Waals surface area contributed by atoms with Crippen molar-refractivity contribution in [2.24, 2.45) is 0 Å². The molecular weight excluding hydrogens is 340 g/mol. The van der Waals surface area contributed by atoms with Crippen LogP contribution in [0.5, 0.6) is 0 Å². The van der Waals surface area contributed by atoms with Gasteiger partial charge < -0.3 is 20.4 Å².